The molecule has 0 saturated carbocycles. The van der Waals surface area contributed by atoms with Crippen molar-refractivity contribution >= 4 is 27.3 Å². The van der Waals surface area contributed by atoms with E-state index < -0.39 is 10.0 Å². The van der Waals surface area contributed by atoms with Crippen molar-refractivity contribution in [3.8, 4) is 0 Å². The van der Waals surface area contributed by atoms with Crippen LogP contribution in [0.2, 0.25) is 5.02 Å². The average molecular weight is 267 g/mol. The number of halogens is 1. The summed E-state index contributed by atoms with van der Waals surface area (Å²) in [5, 5.41) is 0.497. The van der Waals surface area contributed by atoms with Crippen molar-refractivity contribution in [2.45, 2.75) is 4.90 Å². The van der Waals surface area contributed by atoms with Gasteiger partial charge in [0.05, 0.1) is 4.90 Å². The summed E-state index contributed by atoms with van der Waals surface area (Å²) in [5.74, 6) is 0. The van der Waals surface area contributed by atoms with E-state index in [9.17, 15) is 8.42 Å². The van der Waals surface area contributed by atoms with Crippen LogP contribution in [0.1, 0.15) is 0 Å². The van der Waals surface area contributed by atoms with Crippen LogP contribution >= 0.6 is 11.6 Å². The summed E-state index contributed by atoms with van der Waals surface area (Å²) < 4.78 is 26.3. The largest absolute Gasteiger partial charge is 0.280 e. The van der Waals surface area contributed by atoms with E-state index in [4.69, 9.17) is 11.6 Å². The Kier molecular flexibility index (Phi) is 3.36. The third-order valence-corrected chi connectivity index (χ3v) is 3.73. The van der Waals surface area contributed by atoms with Gasteiger partial charge in [-0.25, -0.2) is 8.42 Å². The maximum atomic E-state index is 11.9. The van der Waals surface area contributed by atoms with Gasteiger partial charge in [0.1, 0.15) is 0 Å². The fraction of sp³-hybridized carbons (Fsp3) is 0. The Bertz CT molecular complexity index is 594. The van der Waals surface area contributed by atoms with E-state index in [0.717, 1.165) is 0 Å². The molecule has 2 aromatic carbocycles. The Morgan fingerprint density at radius 2 is 1.82 bits per heavy atom. The van der Waals surface area contributed by atoms with E-state index in [1.165, 1.54) is 24.3 Å². The summed E-state index contributed by atoms with van der Waals surface area (Å²) in [6, 6.07) is 15.4. The highest BCUT2D eigenvalue weighted by Gasteiger charge is 2.13. The van der Waals surface area contributed by atoms with E-state index in [-0.39, 0.29) is 4.90 Å². The summed E-state index contributed by atoms with van der Waals surface area (Å²) in [6.07, 6.45) is 0. The average Bonchev–Trinajstić information content (AvgIpc) is 2.30. The first-order valence-corrected chi connectivity index (χ1v) is 6.68. The fourth-order valence-corrected chi connectivity index (χ4v) is 2.46. The Labute approximate surface area is 105 Å². The monoisotopic (exact) mass is 266 g/mol. The second-order valence-corrected chi connectivity index (χ2v) is 5.47. The van der Waals surface area contributed by atoms with Crippen molar-refractivity contribution in [1.29, 1.82) is 0 Å². The molecule has 0 bridgehead atoms. The zero-order valence-electron chi connectivity index (χ0n) is 8.72. The molecule has 87 valence electrons. The van der Waals surface area contributed by atoms with Crippen LogP contribution in [0.5, 0.6) is 0 Å². The Hall–Kier alpha value is -1.52. The number of sulfonamides is 1. The van der Waals surface area contributed by atoms with Crippen LogP contribution in [0, 0.1) is 6.07 Å². The summed E-state index contributed by atoms with van der Waals surface area (Å²) in [7, 11) is -3.56. The first-order valence-electron chi connectivity index (χ1n) is 4.82. The van der Waals surface area contributed by atoms with Crippen molar-refractivity contribution in [1.82, 2.24) is 0 Å². The second-order valence-electron chi connectivity index (χ2n) is 3.35. The molecule has 0 heterocycles. The minimum Gasteiger partial charge on any atom is -0.280 e. The first-order chi connectivity index (χ1) is 8.08. The van der Waals surface area contributed by atoms with Gasteiger partial charge in [0.15, 0.2) is 0 Å². The first kappa shape index (κ1) is 12.0. The van der Waals surface area contributed by atoms with Gasteiger partial charge >= 0.3 is 0 Å². The molecule has 0 aromatic heterocycles. The third kappa shape index (κ3) is 2.99. The van der Waals surface area contributed by atoms with Gasteiger partial charge in [-0.15, -0.1) is 0 Å². The molecule has 0 fully saturated rings. The third-order valence-electron chi connectivity index (χ3n) is 2.08. The minimum atomic E-state index is -3.56. The van der Waals surface area contributed by atoms with Crippen LogP contribution in [0.15, 0.2) is 53.4 Å². The van der Waals surface area contributed by atoms with Crippen molar-refractivity contribution in [2.75, 3.05) is 4.72 Å². The van der Waals surface area contributed by atoms with Gasteiger partial charge < -0.3 is 0 Å². The molecular weight excluding hydrogens is 258 g/mol. The van der Waals surface area contributed by atoms with Crippen LogP contribution < -0.4 is 4.72 Å². The Morgan fingerprint density at radius 1 is 1.12 bits per heavy atom. The molecular formula is C12H9ClNO2S. The fourth-order valence-electron chi connectivity index (χ4n) is 1.28. The number of hydrogen-bond acceptors (Lipinski definition) is 2. The lowest BCUT2D eigenvalue weighted by Gasteiger charge is -2.07. The van der Waals surface area contributed by atoms with Gasteiger partial charge in [-0.1, -0.05) is 23.7 Å². The van der Waals surface area contributed by atoms with Crippen LogP contribution in [-0.2, 0) is 10.0 Å². The summed E-state index contributed by atoms with van der Waals surface area (Å²) in [5.41, 5.74) is 0.474. The molecule has 3 nitrogen and oxygen atoms in total. The van der Waals surface area contributed by atoms with Gasteiger partial charge in [0, 0.05) is 10.7 Å². The molecule has 0 amide bonds. The maximum absolute atomic E-state index is 11.9. The lowest BCUT2D eigenvalue weighted by molar-refractivity contribution is 0.601. The topological polar surface area (TPSA) is 46.2 Å². The molecule has 0 unspecified atom stereocenters. The lowest BCUT2D eigenvalue weighted by Crippen LogP contribution is -2.12. The molecule has 0 aliphatic rings. The molecule has 0 aliphatic heterocycles. The number of hydrogen-bond donors (Lipinski definition) is 1. The lowest BCUT2D eigenvalue weighted by atomic mass is 10.3. The van der Waals surface area contributed by atoms with E-state index in [1.54, 1.807) is 24.3 Å². The highest BCUT2D eigenvalue weighted by molar-refractivity contribution is 7.92. The van der Waals surface area contributed by atoms with Gasteiger partial charge in [0.2, 0.25) is 0 Å². The molecule has 1 radical (unpaired) electrons. The highest BCUT2D eigenvalue weighted by atomic mass is 35.5. The van der Waals surface area contributed by atoms with Crippen LogP contribution in [0.25, 0.3) is 0 Å². The van der Waals surface area contributed by atoms with Crippen molar-refractivity contribution in [3.63, 3.8) is 0 Å². The van der Waals surface area contributed by atoms with Crippen LogP contribution in [0.3, 0.4) is 0 Å². The van der Waals surface area contributed by atoms with E-state index in [1.807, 2.05) is 0 Å². The molecule has 5 heteroatoms. The molecule has 0 spiro atoms. The van der Waals surface area contributed by atoms with E-state index in [2.05, 4.69) is 10.8 Å². The molecule has 2 aromatic rings. The molecule has 0 atom stereocenters. The zero-order valence-corrected chi connectivity index (χ0v) is 10.3. The van der Waals surface area contributed by atoms with E-state index >= 15 is 0 Å². The normalized spacial score (nSPS) is 11.1. The predicted molar refractivity (Wildman–Crippen MR) is 67.5 cm³/mol. The van der Waals surface area contributed by atoms with Crippen molar-refractivity contribution in [3.05, 3.63) is 59.6 Å². The SMILES string of the molecule is O=S(=O)(Nc1c[c]ccc1)c1ccc(Cl)cc1. The molecule has 1 N–H and O–H groups in total. The van der Waals surface area contributed by atoms with Crippen LogP contribution in [0.4, 0.5) is 5.69 Å². The maximum Gasteiger partial charge on any atom is 0.261 e. The number of rotatable bonds is 3. The predicted octanol–water partition coefficient (Wildman–Crippen LogP) is 2.94. The highest BCUT2D eigenvalue weighted by Crippen LogP contribution is 2.17. The molecule has 2 rings (SSSR count). The van der Waals surface area contributed by atoms with Crippen molar-refractivity contribution in [2.24, 2.45) is 0 Å². The van der Waals surface area contributed by atoms with Crippen LogP contribution in [-0.4, -0.2) is 8.42 Å². The number of nitrogens with one attached hydrogen (secondary N) is 1. The standard InChI is InChI=1S/C12H9ClNO2S/c13-10-6-8-12(9-7-10)17(15,16)14-11-4-2-1-3-5-11/h1-2,4-9,14H. The van der Waals surface area contributed by atoms with E-state index in [0.29, 0.717) is 10.7 Å². The summed E-state index contributed by atoms with van der Waals surface area (Å²) in [4.78, 5) is 0.172. The Morgan fingerprint density at radius 3 is 2.41 bits per heavy atom. The smallest absolute Gasteiger partial charge is 0.261 e. The van der Waals surface area contributed by atoms with Gasteiger partial charge in [-0.3, -0.25) is 4.72 Å². The number of benzene rings is 2. The number of anilines is 1. The Balaban J connectivity index is 2.29. The minimum absolute atomic E-state index is 0.172. The molecule has 0 aliphatic carbocycles. The summed E-state index contributed by atoms with van der Waals surface area (Å²) in [6.45, 7) is 0. The second kappa shape index (κ2) is 4.77. The van der Waals surface area contributed by atoms with Gasteiger partial charge in [-0.2, -0.15) is 0 Å². The van der Waals surface area contributed by atoms with Gasteiger partial charge in [0.25, 0.3) is 10.0 Å². The molecule has 17 heavy (non-hydrogen) atoms. The molecule has 0 saturated heterocycles. The van der Waals surface area contributed by atoms with Gasteiger partial charge in [-0.05, 0) is 42.5 Å². The quantitative estimate of drug-likeness (QED) is 0.928. The summed E-state index contributed by atoms with van der Waals surface area (Å²) >= 11 is 5.70. The van der Waals surface area contributed by atoms with Crippen molar-refractivity contribution < 1.29 is 8.42 Å². The zero-order chi connectivity index (χ0) is 12.3.